The first-order valence-electron chi connectivity index (χ1n) is 23.3. The Kier molecular flexibility index (Phi) is 10.6. The van der Waals surface area contributed by atoms with Crippen molar-refractivity contribution in [1.29, 1.82) is 0 Å². The topological polar surface area (TPSA) is 8.17 Å². The summed E-state index contributed by atoms with van der Waals surface area (Å²) in [5.41, 5.74) is 21.0. The molecule has 1 aromatic heterocycles. The van der Waals surface area contributed by atoms with Gasteiger partial charge in [-0.2, -0.15) is 0 Å². The molecule has 0 N–H and O–H groups in total. The summed E-state index contributed by atoms with van der Waals surface area (Å²) in [6.45, 7) is 0. The van der Waals surface area contributed by atoms with Crippen molar-refractivity contribution in [2.24, 2.45) is 0 Å². The quantitative estimate of drug-likeness (QED) is 0.133. The van der Waals surface area contributed by atoms with Crippen molar-refractivity contribution in [3.63, 3.8) is 0 Å². The smallest absolute Gasteiger partial charge is 0.0541 e. The van der Waals surface area contributed by atoms with Crippen LogP contribution < -0.4 is 4.90 Å². The molecule has 0 aliphatic rings. The van der Waals surface area contributed by atoms with Gasteiger partial charge in [0.2, 0.25) is 0 Å². The highest BCUT2D eigenvalue weighted by molar-refractivity contribution is 6.09. The summed E-state index contributed by atoms with van der Waals surface area (Å²) in [6, 6.07) is 101. The lowest BCUT2D eigenvalue weighted by Crippen LogP contribution is -2.11. The van der Waals surface area contributed by atoms with Crippen molar-refractivity contribution in [3.8, 4) is 72.4 Å². The summed E-state index contributed by atoms with van der Waals surface area (Å²) in [4.78, 5) is 2.41. The Labute approximate surface area is 397 Å². The molecule has 12 rings (SSSR count). The molecule has 11 aromatic carbocycles. The first-order chi connectivity index (χ1) is 33.8. The van der Waals surface area contributed by atoms with Crippen LogP contribution >= 0.6 is 0 Å². The van der Waals surface area contributed by atoms with Crippen molar-refractivity contribution < 1.29 is 0 Å². The second kappa shape index (κ2) is 17.8. The van der Waals surface area contributed by atoms with Crippen LogP contribution in [0.2, 0.25) is 0 Å². The minimum absolute atomic E-state index is 1.07. The van der Waals surface area contributed by atoms with Gasteiger partial charge in [-0.05, 0) is 116 Å². The molecule has 0 aliphatic heterocycles. The van der Waals surface area contributed by atoms with Crippen LogP contribution in [0.1, 0.15) is 0 Å². The van der Waals surface area contributed by atoms with Gasteiger partial charge in [-0.3, -0.25) is 0 Å². The van der Waals surface area contributed by atoms with Crippen molar-refractivity contribution >= 4 is 38.9 Å². The van der Waals surface area contributed by atoms with Gasteiger partial charge in [-0.15, -0.1) is 0 Å². The number of rotatable bonds is 10. The van der Waals surface area contributed by atoms with Crippen LogP contribution in [-0.2, 0) is 0 Å². The van der Waals surface area contributed by atoms with Crippen LogP contribution in [0.3, 0.4) is 0 Å². The van der Waals surface area contributed by atoms with Gasteiger partial charge in [0.15, 0.2) is 0 Å². The van der Waals surface area contributed by atoms with Gasteiger partial charge < -0.3 is 9.47 Å². The van der Waals surface area contributed by atoms with E-state index in [2.05, 4.69) is 289 Å². The molecule has 0 bridgehead atoms. The van der Waals surface area contributed by atoms with E-state index in [-0.39, 0.29) is 0 Å². The van der Waals surface area contributed by atoms with E-state index >= 15 is 0 Å². The van der Waals surface area contributed by atoms with E-state index in [0.717, 1.165) is 39.4 Å². The maximum Gasteiger partial charge on any atom is 0.0541 e. The Hall–Kier alpha value is -8.98. The monoisotopic (exact) mass is 866 g/mol. The third-order valence-corrected chi connectivity index (χ3v) is 13.3. The summed E-state index contributed by atoms with van der Waals surface area (Å²) < 4.78 is 2.38. The normalized spacial score (nSPS) is 11.2. The molecule has 68 heavy (non-hydrogen) atoms. The lowest BCUT2D eigenvalue weighted by molar-refractivity contribution is 1.17. The van der Waals surface area contributed by atoms with Crippen LogP contribution in [0.4, 0.5) is 17.1 Å². The molecule has 12 aromatic rings. The fourth-order valence-electron chi connectivity index (χ4n) is 10.1. The first kappa shape index (κ1) is 40.5. The zero-order chi connectivity index (χ0) is 45.2. The summed E-state index contributed by atoms with van der Waals surface area (Å²) >= 11 is 0. The molecule has 0 unspecified atom stereocenters. The molecule has 2 nitrogen and oxygen atoms in total. The maximum absolute atomic E-state index is 2.41. The molecule has 0 amide bonds. The van der Waals surface area contributed by atoms with E-state index in [9.17, 15) is 0 Å². The minimum atomic E-state index is 1.07. The molecular weight excluding hydrogens is 821 g/mol. The number of hydrogen-bond acceptors (Lipinski definition) is 1. The average molecular weight is 867 g/mol. The number of aromatic nitrogens is 1. The highest BCUT2D eigenvalue weighted by atomic mass is 15.1. The minimum Gasteiger partial charge on any atom is -0.310 e. The standard InChI is InChI=1S/C66H46N2/c1-4-19-47(20-5-1)48-35-37-51(38-36-48)57-26-12-15-32-63(57)67(54-43-45-55(46-44-54)68-64-33-16-13-27-60(64)61-28-14-17-34-65(61)68)53-41-39-52(40-42-53)59-31-18-30-58(50-23-8-3-9-24-50)66(59)62-29-11-10-25-56(62)49-21-6-2-7-22-49/h1-46H. The molecule has 0 atom stereocenters. The van der Waals surface area contributed by atoms with Gasteiger partial charge >= 0.3 is 0 Å². The number of para-hydroxylation sites is 3. The van der Waals surface area contributed by atoms with E-state index in [1.807, 2.05) is 0 Å². The van der Waals surface area contributed by atoms with Crippen molar-refractivity contribution in [2.45, 2.75) is 0 Å². The SMILES string of the molecule is c1ccc(-c2ccc(-c3ccccc3N(c3ccc(-c4cccc(-c5ccccc5)c4-c4ccccc4-c4ccccc4)cc3)c3ccc(-n4c5ccccc5c5ccccc54)cc3)cc2)cc1. The van der Waals surface area contributed by atoms with Gasteiger partial charge in [0.1, 0.15) is 0 Å². The van der Waals surface area contributed by atoms with Crippen LogP contribution in [0.5, 0.6) is 0 Å². The molecule has 320 valence electrons. The number of hydrogen-bond donors (Lipinski definition) is 0. The Balaban J connectivity index is 1.01. The Morgan fingerprint density at radius 2 is 0.603 bits per heavy atom. The van der Waals surface area contributed by atoms with Crippen LogP contribution in [0.25, 0.3) is 94.3 Å². The van der Waals surface area contributed by atoms with Crippen LogP contribution in [0.15, 0.2) is 279 Å². The van der Waals surface area contributed by atoms with Crippen molar-refractivity contribution in [1.82, 2.24) is 4.57 Å². The molecular formula is C66H46N2. The van der Waals surface area contributed by atoms with Gasteiger partial charge in [0, 0.05) is 33.4 Å². The number of fused-ring (bicyclic) bond motifs is 3. The summed E-state index contributed by atoms with van der Waals surface area (Å²) in [6.07, 6.45) is 0. The second-order valence-electron chi connectivity index (χ2n) is 17.2. The van der Waals surface area contributed by atoms with Crippen molar-refractivity contribution in [3.05, 3.63) is 279 Å². The van der Waals surface area contributed by atoms with Gasteiger partial charge in [-0.25, -0.2) is 0 Å². The molecule has 0 saturated heterocycles. The number of benzene rings is 11. The Morgan fingerprint density at radius 3 is 1.19 bits per heavy atom. The van der Waals surface area contributed by atoms with E-state index in [4.69, 9.17) is 0 Å². The predicted octanol–water partition coefficient (Wildman–Crippen LogP) is 18.3. The summed E-state index contributed by atoms with van der Waals surface area (Å²) in [5, 5.41) is 2.50. The fraction of sp³-hybridized carbons (Fsp3) is 0. The molecule has 0 saturated carbocycles. The summed E-state index contributed by atoms with van der Waals surface area (Å²) in [7, 11) is 0. The fourth-order valence-corrected chi connectivity index (χ4v) is 10.1. The zero-order valence-corrected chi connectivity index (χ0v) is 37.5. The molecule has 0 aliphatic carbocycles. The van der Waals surface area contributed by atoms with E-state index < -0.39 is 0 Å². The third kappa shape index (κ3) is 7.45. The average Bonchev–Trinajstić information content (AvgIpc) is 3.76. The number of nitrogens with zero attached hydrogens (tertiary/aromatic N) is 2. The molecule has 0 spiro atoms. The van der Waals surface area contributed by atoms with Gasteiger partial charge in [0.05, 0.1) is 16.7 Å². The second-order valence-corrected chi connectivity index (χ2v) is 17.2. The van der Waals surface area contributed by atoms with Gasteiger partial charge in [-0.1, -0.05) is 224 Å². The van der Waals surface area contributed by atoms with E-state index in [1.165, 1.54) is 71.9 Å². The largest absolute Gasteiger partial charge is 0.310 e. The lowest BCUT2D eigenvalue weighted by atomic mass is 9.84. The van der Waals surface area contributed by atoms with E-state index in [0.29, 0.717) is 0 Å². The Morgan fingerprint density at radius 1 is 0.235 bits per heavy atom. The van der Waals surface area contributed by atoms with Crippen molar-refractivity contribution in [2.75, 3.05) is 4.90 Å². The lowest BCUT2D eigenvalue weighted by Gasteiger charge is -2.28. The van der Waals surface area contributed by atoms with Crippen LogP contribution in [-0.4, -0.2) is 4.57 Å². The van der Waals surface area contributed by atoms with Gasteiger partial charge in [0.25, 0.3) is 0 Å². The molecule has 0 fully saturated rings. The Bertz CT molecular complexity index is 3630. The highest BCUT2D eigenvalue weighted by Gasteiger charge is 2.21. The third-order valence-electron chi connectivity index (χ3n) is 13.3. The predicted molar refractivity (Wildman–Crippen MR) is 288 cm³/mol. The van der Waals surface area contributed by atoms with E-state index in [1.54, 1.807) is 0 Å². The summed E-state index contributed by atoms with van der Waals surface area (Å²) in [5.74, 6) is 0. The first-order valence-corrected chi connectivity index (χ1v) is 23.3. The highest BCUT2D eigenvalue weighted by Crippen LogP contribution is 2.46. The zero-order valence-electron chi connectivity index (χ0n) is 37.5. The number of anilines is 3. The maximum atomic E-state index is 2.41. The molecule has 0 radical (unpaired) electrons. The molecule has 2 heteroatoms. The van der Waals surface area contributed by atoms with Crippen LogP contribution in [0, 0.1) is 0 Å². The molecule has 1 heterocycles.